The smallest absolute Gasteiger partial charge is 0.305 e. The van der Waals surface area contributed by atoms with E-state index >= 15 is 0 Å². The number of carbonyl (C=O) groups excluding carboxylic acids is 1. The van der Waals surface area contributed by atoms with E-state index < -0.39 is 16.5 Å². The molecule has 1 aliphatic heterocycles. The highest BCUT2D eigenvalue weighted by atomic mass is 35.5. The Kier molecular flexibility index (Phi) is 6.66. The molecule has 1 amide bonds. The Morgan fingerprint density at radius 1 is 1.17 bits per heavy atom. The maximum atomic E-state index is 13.3. The van der Waals surface area contributed by atoms with Crippen LogP contribution < -0.4 is 4.90 Å². The first-order chi connectivity index (χ1) is 13.7. The third-order valence-electron chi connectivity index (χ3n) is 4.58. The van der Waals surface area contributed by atoms with Gasteiger partial charge in [0.05, 0.1) is 16.9 Å². The van der Waals surface area contributed by atoms with Crippen molar-refractivity contribution in [3.63, 3.8) is 0 Å². The van der Waals surface area contributed by atoms with E-state index in [1.54, 1.807) is 29.2 Å². The second kappa shape index (κ2) is 8.86. The molecule has 2 N–H and O–H groups in total. The molecule has 0 fully saturated rings. The van der Waals surface area contributed by atoms with Gasteiger partial charge in [-0.15, -0.1) is 11.8 Å². The molecule has 2 aromatic rings. The number of phenolic OH excluding ortho intramolecular Hbond substituents is 1. The van der Waals surface area contributed by atoms with Gasteiger partial charge in [0.2, 0.25) is 5.91 Å². The lowest BCUT2D eigenvalue weighted by Gasteiger charge is -2.27. The van der Waals surface area contributed by atoms with E-state index in [4.69, 9.17) is 23.2 Å². The fourth-order valence-electron chi connectivity index (χ4n) is 3.39. The zero-order valence-electron chi connectivity index (χ0n) is 15.9. The van der Waals surface area contributed by atoms with Gasteiger partial charge in [0.1, 0.15) is 5.75 Å². The molecule has 0 saturated heterocycles. The Bertz CT molecular complexity index is 950. The second-order valence-corrected chi connectivity index (χ2v) is 9.51. The van der Waals surface area contributed by atoms with Crippen LogP contribution in [0.3, 0.4) is 0 Å². The van der Waals surface area contributed by atoms with Crippen LogP contribution in [0, 0.1) is 5.92 Å². The van der Waals surface area contributed by atoms with Gasteiger partial charge in [-0.25, -0.2) is 0 Å². The van der Waals surface area contributed by atoms with Crippen molar-refractivity contribution in [3.8, 4) is 5.75 Å². The number of fused-ring (bicyclic) bond motifs is 1. The zero-order chi connectivity index (χ0) is 21.3. The highest BCUT2D eigenvalue weighted by Crippen LogP contribution is 2.49. The van der Waals surface area contributed by atoms with Gasteiger partial charge in [0, 0.05) is 22.3 Å². The van der Waals surface area contributed by atoms with Crippen LogP contribution in [0.4, 0.5) is 5.69 Å². The Labute approximate surface area is 183 Å². The number of benzene rings is 2. The van der Waals surface area contributed by atoms with Crippen molar-refractivity contribution in [2.75, 3.05) is 11.4 Å². The number of phenols is 1. The molecule has 1 heterocycles. The number of carboxylic acids is 1. The molecule has 154 valence electrons. The number of rotatable bonds is 5. The van der Waals surface area contributed by atoms with Crippen LogP contribution >= 0.6 is 35.0 Å². The number of carboxylic acid groups (broad SMARTS) is 1. The summed E-state index contributed by atoms with van der Waals surface area (Å²) in [4.78, 5) is 26.4. The Balaban J connectivity index is 2.21. The molecule has 0 bridgehead atoms. The number of hydrogen-bond donors (Lipinski definition) is 2. The maximum absolute atomic E-state index is 13.3. The standard InChI is InChI=1S/C21H21Cl2NO4S/c1-11(2)10-24-17-6-3-12(22)7-15(17)20(14-5-4-13(25)8-16(14)23)29-18(21(24)28)9-19(26)27/h3-8,11,18,20,25H,9-10H2,1-2H3,(H,26,27). The van der Waals surface area contributed by atoms with Crippen LogP contribution in [-0.2, 0) is 9.59 Å². The molecule has 0 saturated carbocycles. The van der Waals surface area contributed by atoms with E-state index in [9.17, 15) is 19.8 Å². The molecular formula is C21H21Cl2NO4S. The first kappa shape index (κ1) is 21.8. The van der Waals surface area contributed by atoms with Crippen LogP contribution in [0.25, 0.3) is 0 Å². The lowest BCUT2D eigenvalue weighted by molar-refractivity contribution is -0.138. The number of aromatic hydroxyl groups is 1. The Hall–Kier alpha value is -1.89. The molecule has 0 spiro atoms. The third-order valence-corrected chi connectivity index (χ3v) is 6.62. The highest BCUT2D eigenvalue weighted by molar-refractivity contribution is 8.01. The van der Waals surface area contributed by atoms with Gasteiger partial charge in [-0.3, -0.25) is 9.59 Å². The first-order valence-corrected chi connectivity index (χ1v) is 10.8. The normalized spacial score (nSPS) is 19.2. The lowest BCUT2D eigenvalue weighted by Crippen LogP contribution is -2.40. The monoisotopic (exact) mass is 453 g/mol. The number of amides is 1. The summed E-state index contributed by atoms with van der Waals surface area (Å²) < 4.78 is 0. The fourth-order valence-corrected chi connectivity index (χ4v) is 5.41. The van der Waals surface area contributed by atoms with Crippen LogP contribution in [0.15, 0.2) is 36.4 Å². The summed E-state index contributed by atoms with van der Waals surface area (Å²) in [6, 6.07) is 9.97. The average molecular weight is 454 g/mol. The quantitative estimate of drug-likeness (QED) is 0.636. The molecule has 0 aromatic heterocycles. The number of hydrogen-bond acceptors (Lipinski definition) is 4. The predicted molar refractivity (Wildman–Crippen MR) is 117 cm³/mol. The van der Waals surface area contributed by atoms with Crippen LogP contribution in [0.2, 0.25) is 10.0 Å². The number of carbonyl (C=O) groups is 2. The fraction of sp³-hybridized carbons (Fsp3) is 0.333. The number of nitrogens with zero attached hydrogens (tertiary/aromatic N) is 1. The van der Waals surface area contributed by atoms with Crippen molar-refractivity contribution >= 4 is 52.5 Å². The topological polar surface area (TPSA) is 77.8 Å². The summed E-state index contributed by atoms with van der Waals surface area (Å²) in [6.45, 7) is 4.46. The van der Waals surface area contributed by atoms with Crippen molar-refractivity contribution in [1.29, 1.82) is 0 Å². The van der Waals surface area contributed by atoms with Crippen molar-refractivity contribution in [3.05, 3.63) is 57.6 Å². The van der Waals surface area contributed by atoms with Crippen molar-refractivity contribution in [1.82, 2.24) is 0 Å². The number of thioether (sulfide) groups is 1. The third kappa shape index (κ3) is 4.82. The molecular weight excluding hydrogens is 433 g/mol. The SMILES string of the molecule is CC(C)CN1C(=O)C(CC(=O)O)SC(c2ccc(O)cc2Cl)c2cc(Cl)ccc21. The van der Waals surface area contributed by atoms with Crippen molar-refractivity contribution in [2.45, 2.75) is 30.8 Å². The minimum atomic E-state index is -1.04. The van der Waals surface area contributed by atoms with Crippen molar-refractivity contribution in [2.24, 2.45) is 5.92 Å². The molecule has 0 radical (unpaired) electrons. The molecule has 3 rings (SSSR count). The molecule has 5 nitrogen and oxygen atoms in total. The molecule has 8 heteroatoms. The number of aliphatic carboxylic acids is 1. The van der Waals surface area contributed by atoms with E-state index in [-0.39, 0.29) is 24.0 Å². The van der Waals surface area contributed by atoms with Crippen LogP contribution in [-0.4, -0.2) is 33.9 Å². The summed E-state index contributed by atoms with van der Waals surface area (Å²) in [5, 5.41) is 18.8. The van der Waals surface area contributed by atoms with Gasteiger partial charge in [0.15, 0.2) is 0 Å². The van der Waals surface area contributed by atoms with Gasteiger partial charge in [-0.1, -0.05) is 43.1 Å². The Morgan fingerprint density at radius 3 is 2.52 bits per heavy atom. The number of anilines is 1. The highest BCUT2D eigenvalue weighted by Gasteiger charge is 2.38. The van der Waals surface area contributed by atoms with Gasteiger partial charge >= 0.3 is 5.97 Å². The summed E-state index contributed by atoms with van der Waals surface area (Å²) in [6.07, 6.45) is -0.300. The van der Waals surface area contributed by atoms with E-state index in [2.05, 4.69) is 0 Å². The average Bonchev–Trinajstić information content (AvgIpc) is 2.72. The molecule has 29 heavy (non-hydrogen) atoms. The molecule has 2 atom stereocenters. The molecule has 2 unspecified atom stereocenters. The van der Waals surface area contributed by atoms with E-state index in [0.29, 0.717) is 27.8 Å². The van der Waals surface area contributed by atoms with E-state index in [1.165, 1.54) is 23.9 Å². The van der Waals surface area contributed by atoms with Gasteiger partial charge in [0.25, 0.3) is 0 Å². The molecule has 0 aliphatic carbocycles. The van der Waals surface area contributed by atoms with Crippen molar-refractivity contribution < 1.29 is 19.8 Å². The van der Waals surface area contributed by atoms with Crippen LogP contribution in [0.5, 0.6) is 5.75 Å². The van der Waals surface area contributed by atoms with E-state index in [1.807, 2.05) is 13.8 Å². The first-order valence-electron chi connectivity index (χ1n) is 9.14. The summed E-state index contributed by atoms with van der Waals surface area (Å²) in [5.74, 6) is -1.07. The van der Waals surface area contributed by atoms with Gasteiger partial charge in [-0.2, -0.15) is 0 Å². The van der Waals surface area contributed by atoms with Gasteiger partial charge in [-0.05, 0) is 47.4 Å². The number of halogens is 2. The lowest BCUT2D eigenvalue weighted by atomic mass is 10.0. The molecule has 1 aliphatic rings. The Morgan fingerprint density at radius 2 is 1.90 bits per heavy atom. The minimum absolute atomic E-state index is 0.0308. The largest absolute Gasteiger partial charge is 0.508 e. The summed E-state index contributed by atoms with van der Waals surface area (Å²) >= 11 is 13.9. The molecule has 2 aromatic carbocycles. The zero-order valence-corrected chi connectivity index (χ0v) is 18.3. The predicted octanol–water partition coefficient (Wildman–Crippen LogP) is 5.37. The second-order valence-electron chi connectivity index (χ2n) is 7.35. The van der Waals surface area contributed by atoms with Gasteiger partial charge < -0.3 is 15.1 Å². The van der Waals surface area contributed by atoms with E-state index in [0.717, 1.165) is 5.56 Å². The van der Waals surface area contributed by atoms with Crippen LogP contribution in [0.1, 0.15) is 36.6 Å². The minimum Gasteiger partial charge on any atom is -0.508 e. The summed E-state index contributed by atoms with van der Waals surface area (Å²) in [5.41, 5.74) is 2.17. The maximum Gasteiger partial charge on any atom is 0.305 e. The summed E-state index contributed by atoms with van der Waals surface area (Å²) in [7, 11) is 0.